The molecular formula is C34H31FN4O3S2. The Hall–Kier alpha value is -3.96. The van der Waals surface area contributed by atoms with Gasteiger partial charge in [0.05, 0.1) is 24.5 Å². The zero-order valence-electron chi connectivity index (χ0n) is 24.3. The van der Waals surface area contributed by atoms with Crippen molar-refractivity contribution in [3.05, 3.63) is 88.0 Å². The third-order valence-electron chi connectivity index (χ3n) is 8.33. The quantitative estimate of drug-likeness (QED) is 0.148. The number of nitrogens with zero attached hydrogens (tertiary/aromatic N) is 3. The smallest absolute Gasteiger partial charge is 0.246 e. The van der Waals surface area contributed by atoms with Gasteiger partial charge in [0, 0.05) is 63.8 Å². The average Bonchev–Trinajstić information content (AvgIpc) is 3.78. The van der Waals surface area contributed by atoms with Crippen molar-refractivity contribution in [3.63, 3.8) is 0 Å². The maximum absolute atomic E-state index is 14.6. The summed E-state index contributed by atoms with van der Waals surface area (Å²) in [6.45, 7) is 5.36. The van der Waals surface area contributed by atoms with Gasteiger partial charge in [-0.2, -0.15) is 0 Å². The number of ether oxygens (including phenoxy) is 2. The van der Waals surface area contributed by atoms with E-state index < -0.39 is 0 Å². The van der Waals surface area contributed by atoms with E-state index in [1.165, 1.54) is 29.3 Å². The highest BCUT2D eigenvalue weighted by molar-refractivity contribution is 7.18. The summed E-state index contributed by atoms with van der Waals surface area (Å²) in [5.41, 5.74) is 14.0. The summed E-state index contributed by atoms with van der Waals surface area (Å²) in [6, 6.07) is 13.2. The van der Waals surface area contributed by atoms with Gasteiger partial charge in [-0.05, 0) is 59.7 Å². The molecule has 0 radical (unpaired) electrons. The van der Waals surface area contributed by atoms with Crippen LogP contribution in [0.25, 0.3) is 43.2 Å². The van der Waals surface area contributed by atoms with E-state index in [-0.39, 0.29) is 24.4 Å². The topological polar surface area (TPSA) is 90.6 Å². The fourth-order valence-corrected chi connectivity index (χ4v) is 8.18. The molecule has 44 heavy (non-hydrogen) atoms. The van der Waals surface area contributed by atoms with Crippen LogP contribution in [0.3, 0.4) is 0 Å². The second-order valence-corrected chi connectivity index (χ2v) is 13.0. The highest BCUT2D eigenvalue weighted by Crippen LogP contribution is 2.48. The number of aromatic nitrogens is 2. The minimum Gasteiger partial charge on any atom is -0.490 e. The van der Waals surface area contributed by atoms with Crippen LogP contribution in [0.1, 0.15) is 34.2 Å². The molecule has 3 aromatic heterocycles. The van der Waals surface area contributed by atoms with Crippen LogP contribution < -0.4 is 10.5 Å². The van der Waals surface area contributed by atoms with Crippen LogP contribution in [-0.4, -0.2) is 47.6 Å². The first kappa shape index (κ1) is 28.8. The van der Waals surface area contributed by atoms with Crippen LogP contribution in [-0.2, 0) is 28.9 Å². The Bertz CT molecular complexity index is 1920. The number of rotatable bonds is 8. The Morgan fingerprint density at radius 3 is 2.89 bits per heavy atom. The number of thiazole rings is 1. The largest absolute Gasteiger partial charge is 0.490 e. The van der Waals surface area contributed by atoms with Crippen LogP contribution in [0.5, 0.6) is 5.75 Å². The van der Waals surface area contributed by atoms with Crippen molar-refractivity contribution in [2.24, 2.45) is 5.73 Å². The van der Waals surface area contributed by atoms with Gasteiger partial charge in [0.2, 0.25) is 5.91 Å². The van der Waals surface area contributed by atoms with Gasteiger partial charge in [-0.1, -0.05) is 18.7 Å². The molecule has 4 heterocycles. The van der Waals surface area contributed by atoms with Crippen molar-refractivity contribution in [3.8, 4) is 38.8 Å². The normalized spacial score (nSPS) is 15.8. The average molecular weight is 627 g/mol. The lowest BCUT2D eigenvalue weighted by Gasteiger charge is -2.24. The van der Waals surface area contributed by atoms with E-state index in [1.54, 1.807) is 40.7 Å². The number of hydrogen-bond acceptors (Lipinski definition) is 8. The van der Waals surface area contributed by atoms with Crippen molar-refractivity contribution in [1.82, 2.24) is 14.9 Å². The number of thiophene rings is 1. The highest BCUT2D eigenvalue weighted by Gasteiger charge is 2.28. The Balaban J connectivity index is 1.45. The van der Waals surface area contributed by atoms with E-state index in [2.05, 4.69) is 36.2 Å². The van der Waals surface area contributed by atoms with Crippen LogP contribution >= 0.6 is 22.7 Å². The first-order chi connectivity index (χ1) is 21.4. The molecule has 2 aromatic carbocycles. The first-order valence-electron chi connectivity index (χ1n) is 14.6. The van der Waals surface area contributed by atoms with Crippen LogP contribution in [0, 0.1) is 5.82 Å². The minimum atomic E-state index is -0.388. The zero-order valence-corrected chi connectivity index (χ0v) is 25.9. The Morgan fingerprint density at radius 2 is 2.05 bits per heavy atom. The summed E-state index contributed by atoms with van der Waals surface area (Å²) in [6.07, 6.45) is 3.93. The molecule has 10 heteroatoms. The number of aryl methyl sites for hydroxylation is 1. The number of carbonyl (C=O) groups excluding carboxylic acids is 1. The van der Waals surface area contributed by atoms with Crippen molar-refractivity contribution in [2.45, 2.75) is 31.8 Å². The van der Waals surface area contributed by atoms with E-state index in [9.17, 15) is 9.18 Å². The lowest BCUT2D eigenvalue weighted by Crippen LogP contribution is -2.34. The van der Waals surface area contributed by atoms with Crippen LogP contribution in [0.15, 0.2) is 60.5 Å². The highest BCUT2D eigenvalue weighted by atomic mass is 32.1. The molecule has 0 bridgehead atoms. The molecular weight excluding hydrogens is 596 g/mol. The van der Waals surface area contributed by atoms with Crippen molar-refractivity contribution >= 4 is 38.7 Å². The van der Waals surface area contributed by atoms with E-state index in [0.29, 0.717) is 37.6 Å². The fraction of sp³-hybridized carbons (Fsp3) is 0.265. The minimum absolute atomic E-state index is 0.0135. The second kappa shape index (κ2) is 11.9. The van der Waals surface area contributed by atoms with Gasteiger partial charge < -0.3 is 20.1 Å². The molecule has 2 N–H and O–H groups in total. The number of benzene rings is 2. The molecule has 5 aromatic rings. The molecule has 0 fully saturated rings. The molecule has 1 atom stereocenters. The Labute approximate surface area is 262 Å². The molecule has 1 aliphatic carbocycles. The van der Waals surface area contributed by atoms with E-state index in [0.717, 1.165) is 60.9 Å². The molecule has 7 nitrogen and oxygen atoms in total. The van der Waals surface area contributed by atoms with Gasteiger partial charge in [-0.3, -0.25) is 4.79 Å². The lowest BCUT2D eigenvalue weighted by atomic mass is 9.96. The number of fused-ring (bicyclic) bond motifs is 3. The Kier molecular flexibility index (Phi) is 7.75. The molecule has 0 spiro atoms. The predicted molar refractivity (Wildman–Crippen MR) is 173 cm³/mol. The number of amides is 1. The molecule has 0 saturated heterocycles. The maximum Gasteiger partial charge on any atom is 0.246 e. The number of carbonyl (C=O) groups is 1. The molecule has 2 aliphatic rings. The number of methoxy groups -OCH3 is 1. The summed E-state index contributed by atoms with van der Waals surface area (Å²) in [5.74, 6) is -0.0632. The SMILES string of the molecule is C=CC(=O)N1CCc2nc(-c3nc(-c4ccc5c(c4)C(N)CC5)c4ccsc4c3-c3ccc(F)cc3OCCOC)sc2C1. The van der Waals surface area contributed by atoms with Crippen LogP contribution in [0.2, 0.25) is 0 Å². The molecule has 1 aliphatic heterocycles. The number of halogens is 1. The van der Waals surface area contributed by atoms with Gasteiger partial charge in [-0.25, -0.2) is 14.4 Å². The van der Waals surface area contributed by atoms with Gasteiger partial charge in [0.1, 0.15) is 28.9 Å². The molecule has 7 rings (SSSR count). The van der Waals surface area contributed by atoms with Gasteiger partial charge in [0.25, 0.3) is 0 Å². The summed E-state index contributed by atoms with van der Waals surface area (Å²) in [7, 11) is 1.60. The van der Waals surface area contributed by atoms with Gasteiger partial charge in [0.15, 0.2) is 0 Å². The summed E-state index contributed by atoms with van der Waals surface area (Å²) >= 11 is 3.15. The predicted octanol–water partition coefficient (Wildman–Crippen LogP) is 6.93. The Morgan fingerprint density at radius 1 is 1.16 bits per heavy atom. The van der Waals surface area contributed by atoms with E-state index >= 15 is 0 Å². The van der Waals surface area contributed by atoms with Gasteiger partial charge in [-0.15, -0.1) is 22.7 Å². The summed E-state index contributed by atoms with van der Waals surface area (Å²) < 4.78 is 26.8. The van der Waals surface area contributed by atoms with E-state index in [1.807, 2.05) is 0 Å². The molecule has 1 unspecified atom stereocenters. The van der Waals surface area contributed by atoms with Crippen molar-refractivity contribution in [1.29, 1.82) is 0 Å². The third-order valence-corrected chi connectivity index (χ3v) is 10.4. The molecule has 1 amide bonds. The number of hydrogen-bond donors (Lipinski definition) is 1. The standard InChI is InChI=1S/C34H31FN4O3S2/c1-3-29(40)39-12-10-26-28(18-39)44-34(37-26)32-30(22-8-7-21(35)17-27(22)42-14-13-41-2)33-23(11-15-43-33)31(38-32)20-5-4-19-6-9-25(36)24(19)16-20/h3-5,7-8,11,15-17,25H,1,6,9-10,12-14,18,36H2,2H3. The third kappa shape index (κ3) is 5.11. The number of nitrogens with two attached hydrogens (primary N) is 1. The lowest BCUT2D eigenvalue weighted by molar-refractivity contribution is -0.126. The van der Waals surface area contributed by atoms with E-state index in [4.69, 9.17) is 25.2 Å². The second-order valence-electron chi connectivity index (χ2n) is 11.0. The maximum atomic E-state index is 14.6. The van der Waals surface area contributed by atoms with Crippen molar-refractivity contribution in [2.75, 3.05) is 26.9 Å². The monoisotopic (exact) mass is 626 g/mol. The fourth-order valence-electron chi connectivity index (χ4n) is 6.10. The first-order valence-corrected chi connectivity index (χ1v) is 16.3. The summed E-state index contributed by atoms with van der Waals surface area (Å²) in [5, 5.41) is 3.80. The van der Waals surface area contributed by atoms with Crippen LogP contribution in [0.4, 0.5) is 4.39 Å². The summed E-state index contributed by atoms with van der Waals surface area (Å²) in [4.78, 5) is 25.7. The molecule has 0 saturated carbocycles. The molecule has 224 valence electrons. The van der Waals surface area contributed by atoms with Crippen molar-refractivity contribution < 1.29 is 18.7 Å². The number of pyridine rings is 1. The zero-order chi connectivity index (χ0) is 30.4. The van der Waals surface area contributed by atoms with Gasteiger partial charge >= 0.3 is 0 Å².